The first-order valence-electron chi connectivity index (χ1n) is 9.67. The minimum atomic E-state index is -0.314. The second kappa shape index (κ2) is 8.06. The van der Waals surface area contributed by atoms with Gasteiger partial charge in [0.1, 0.15) is 23.0 Å². The van der Waals surface area contributed by atoms with Crippen molar-refractivity contribution in [1.29, 1.82) is 0 Å². The molecule has 28 heavy (non-hydrogen) atoms. The van der Waals surface area contributed by atoms with E-state index in [9.17, 15) is 9.18 Å². The Morgan fingerprint density at radius 3 is 2.68 bits per heavy atom. The number of rotatable bonds is 6. The molecule has 1 N–H and O–H groups in total. The fourth-order valence-electron chi connectivity index (χ4n) is 3.65. The smallest absolute Gasteiger partial charge is 0.162 e. The Balaban J connectivity index is 1.24. The van der Waals surface area contributed by atoms with Gasteiger partial charge in [-0.2, -0.15) is 0 Å². The zero-order chi connectivity index (χ0) is 19.5. The third-order valence-corrected chi connectivity index (χ3v) is 5.21. The van der Waals surface area contributed by atoms with Crippen molar-refractivity contribution >= 4 is 22.6 Å². The molecule has 4 rings (SSSR count). The molecule has 6 nitrogen and oxygen atoms in total. The van der Waals surface area contributed by atoms with Gasteiger partial charge >= 0.3 is 0 Å². The maximum absolute atomic E-state index is 12.9. The number of Topliss-reactive ketones (excluding diaryl/α,β-unsaturated/α-hetero) is 1. The Labute approximate surface area is 163 Å². The minimum Gasteiger partial charge on any atom is -0.354 e. The van der Waals surface area contributed by atoms with Crippen molar-refractivity contribution in [2.75, 3.05) is 37.6 Å². The van der Waals surface area contributed by atoms with Crippen LogP contribution in [0.4, 0.5) is 10.2 Å². The standard InChI is InChI=1S/C21H24FN5O/c1-15-24-18-13-21(23-14-19(18)25-15)27-11-9-26(10-12-27)8-2-3-20(28)16-4-6-17(22)7-5-16/h4-7,13-14H,2-3,8-12H2,1H3,(H,24,25). The number of carbonyl (C=O) groups is 1. The quantitative estimate of drug-likeness (QED) is 0.665. The van der Waals surface area contributed by atoms with Gasteiger partial charge < -0.3 is 9.88 Å². The number of benzene rings is 1. The number of pyridine rings is 1. The molecule has 0 spiro atoms. The summed E-state index contributed by atoms with van der Waals surface area (Å²) >= 11 is 0. The Hall–Kier alpha value is -2.80. The van der Waals surface area contributed by atoms with Crippen LogP contribution in [0.2, 0.25) is 0 Å². The van der Waals surface area contributed by atoms with Gasteiger partial charge in [0.15, 0.2) is 5.78 Å². The molecule has 1 aliphatic rings. The lowest BCUT2D eigenvalue weighted by Gasteiger charge is -2.35. The lowest BCUT2D eigenvalue weighted by molar-refractivity contribution is 0.0974. The number of hydrogen-bond donors (Lipinski definition) is 1. The first kappa shape index (κ1) is 18.6. The van der Waals surface area contributed by atoms with Crippen molar-refractivity contribution in [1.82, 2.24) is 19.9 Å². The molecule has 0 atom stereocenters. The van der Waals surface area contributed by atoms with Gasteiger partial charge in [-0.3, -0.25) is 9.69 Å². The summed E-state index contributed by atoms with van der Waals surface area (Å²) in [7, 11) is 0. The number of piperazine rings is 1. The zero-order valence-corrected chi connectivity index (χ0v) is 16.0. The number of halogens is 1. The molecule has 0 radical (unpaired) electrons. The molecular weight excluding hydrogens is 357 g/mol. The Morgan fingerprint density at radius 2 is 1.93 bits per heavy atom. The maximum atomic E-state index is 12.9. The van der Waals surface area contributed by atoms with Gasteiger partial charge in [0, 0.05) is 44.2 Å². The number of nitrogens with one attached hydrogen (secondary N) is 1. The predicted octanol–water partition coefficient (Wildman–Crippen LogP) is 3.19. The first-order chi connectivity index (χ1) is 13.6. The molecular formula is C21H24FN5O. The first-order valence-corrected chi connectivity index (χ1v) is 9.67. The van der Waals surface area contributed by atoms with E-state index in [-0.39, 0.29) is 11.6 Å². The average molecular weight is 381 g/mol. The normalized spacial score (nSPS) is 15.3. The van der Waals surface area contributed by atoms with Crippen molar-refractivity contribution in [3.05, 3.63) is 53.7 Å². The van der Waals surface area contributed by atoms with Crippen LogP contribution in [0.5, 0.6) is 0 Å². The van der Waals surface area contributed by atoms with Crippen LogP contribution in [-0.4, -0.2) is 58.4 Å². The summed E-state index contributed by atoms with van der Waals surface area (Å²) in [6, 6.07) is 7.85. The van der Waals surface area contributed by atoms with Crippen LogP contribution in [0.15, 0.2) is 36.5 Å². The average Bonchev–Trinajstić information content (AvgIpc) is 3.08. The van der Waals surface area contributed by atoms with Crippen molar-refractivity contribution in [3.63, 3.8) is 0 Å². The van der Waals surface area contributed by atoms with E-state index < -0.39 is 0 Å². The molecule has 3 heterocycles. The van der Waals surface area contributed by atoms with Crippen molar-refractivity contribution in [2.24, 2.45) is 0 Å². The lowest BCUT2D eigenvalue weighted by Crippen LogP contribution is -2.47. The highest BCUT2D eigenvalue weighted by atomic mass is 19.1. The Kier molecular flexibility index (Phi) is 5.34. The highest BCUT2D eigenvalue weighted by molar-refractivity contribution is 5.95. The molecule has 0 saturated carbocycles. The fourth-order valence-corrected chi connectivity index (χ4v) is 3.65. The van der Waals surface area contributed by atoms with Gasteiger partial charge in [0.2, 0.25) is 0 Å². The number of aryl methyl sites for hydroxylation is 1. The Morgan fingerprint density at radius 1 is 1.18 bits per heavy atom. The summed E-state index contributed by atoms with van der Waals surface area (Å²) < 4.78 is 12.9. The van der Waals surface area contributed by atoms with E-state index in [0.717, 1.165) is 61.8 Å². The van der Waals surface area contributed by atoms with Crippen LogP contribution in [-0.2, 0) is 0 Å². The third kappa shape index (κ3) is 4.20. The molecule has 146 valence electrons. The molecule has 0 amide bonds. The molecule has 7 heteroatoms. The Bertz CT molecular complexity index is 961. The van der Waals surface area contributed by atoms with Crippen molar-refractivity contribution in [3.8, 4) is 0 Å². The number of imidazole rings is 1. The molecule has 3 aromatic rings. The highest BCUT2D eigenvalue weighted by Gasteiger charge is 2.18. The van der Waals surface area contributed by atoms with E-state index in [4.69, 9.17) is 0 Å². The van der Waals surface area contributed by atoms with Crippen LogP contribution < -0.4 is 4.90 Å². The number of aromatic nitrogens is 3. The van der Waals surface area contributed by atoms with Gasteiger partial charge in [0.05, 0.1) is 11.7 Å². The minimum absolute atomic E-state index is 0.0750. The van der Waals surface area contributed by atoms with E-state index in [1.165, 1.54) is 12.1 Å². The number of carbonyl (C=O) groups excluding carboxylic acids is 1. The van der Waals surface area contributed by atoms with Crippen LogP contribution in [0.25, 0.3) is 11.0 Å². The number of fused-ring (bicyclic) bond motifs is 1. The summed E-state index contributed by atoms with van der Waals surface area (Å²) in [4.78, 5) is 29.1. The summed E-state index contributed by atoms with van der Waals surface area (Å²) in [5.74, 6) is 1.63. The third-order valence-electron chi connectivity index (χ3n) is 5.21. The van der Waals surface area contributed by atoms with Gasteiger partial charge in [-0.05, 0) is 44.2 Å². The monoisotopic (exact) mass is 381 g/mol. The largest absolute Gasteiger partial charge is 0.354 e. The number of nitrogens with zero attached hydrogens (tertiary/aromatic N) is 4. The SMILES string of the molecule is Cc1nc2cnc(N3CCN(CCCC(=O)c4ccc(F)cc4)CC3)cc2[nH]1. The fraction of sp³-hybridized carbons (Fsp3) is 0.381. The van der Waals surface area contributed by atoms with E-state index >= 15 is 0 Å². The van der Waals surface area contributed by atoms with Gasteiger partial charge in [0.25, 0.3) is 0 Å². The summed E-state index contributed by atoms with van der Waals surface area (Å²) in [6.07, 6.45) is 3.12. The van der Waals surface area contributed by atoms with Crippen LogP contribution in [0, 0.1) is 12.7 Å². The van der Waals surface area contributed by atoms with Crippen molar-refractivity contribution in [2.45, 2.75) is 19.8 Å². The molecule has 0 unspecified atom stereocenters. The number of anilines is 1. The number of H-pyrrole nitrogens is 1. The van der Waals surface area contributed by atoms with Crippen molar-refractivity contribution < 1.29 is 9.18 Å². The van der Waals surface area contributed by atoms with Gasteiger partial charge in [-0.1, -0.05) is 0 Å². The van der Waals surface area contributed by atoms with E-state index in [2.05, 4.69) is 30.8 Å². The number of ketones is 1. The predicted molar refractivity (Wildman–Crippen MR) is 107 cm³/mol. The van der Waals surface area contributed by atoms with E-state index in [1.807, 2.05) is 13.1 Å². The second-order valence-corrected chi connectivity index (χ2v) is 7.24. The van der Waals surface area contributed by atoms with E-state index in [0.29, 0.717) is 12.0 Å². The molecule has 1 fully saturated rings. The molecule has 1 saturated heterocycles. The topological polar surface area (TPSA) is 65.1 Å². The van der Waals surface area contributed by atoms with Gasteiger partial charge in [-0.25, -0.2) is 14.4 Å². The number of aromatic amines is 1. The summed E-state index contributed by atoms with van der Waals surface area (Å²) in [5, 5.41) is 0. The molecule has 1 aromatic carbocycles. The van der Waals surface area contributed by atoms with E-state index in [1.54, 1.807) is 12.1 Å². The zero-order valence-electron chi connectivity index (χ0n) is 16.0. The summed E-state index contributed by atoms with van der Waals surface area (Å²) in [5.41, 5.74) is 2.50. The maximum Gasteiger partial charge on any atom is 0.162 e. The van der Waals surface area contributed by atoms with Gasteiger partial charge in [-0.15, -0.1) is 0 Å². The highest BCUT2D eigenvalue weighted by Crippen LogP contribution is 2.19. The van der Waals surface area contributed by atoms with Crippen LogP contribution in [0.1, 0.15) is 29.0 Å². The van der Waals surface area contributed by atoms with Crippen LogP contribution >= 0.6 is 0 Å². The van der Waals surface area contributed by atoms with Crippen LogP contribution in [0.3, 0.4) is 0 Å². The molecule has 2 aromatic heterocycles. The lowest BCUT2D eigenvalue weighted by atomic mass is 10.1. The molecule has 0 aliphatic carbocycles. The second-order valence-electron chi connectivity index (χ2n) is 7.24. The number of hydrogen-bond acceptors (Lipinski definition) is 5. The summed E-state index contributed by atoms with van der Waals surface area (Å²) in [6.45, 7) is 6.57. The molecule has 1 aliphatic heterocycles. The molecule has 0 bridgehead atoms.